The van der Waals surface area contributed by atoms with E-state index >= 15 is 0 Å². The molecule has 0 atom stereocenters. The van der Waals surface area contributed by atoms with Gasteiger partial charge >= 0.3 is 0 Å². The third kappa shape index (κ3) is 2.13. The number of rotatable bonds is 3. The largest absolute Gasteiger partial charge is 0.258 e. The molecular formula is C9H11ClN2O2S. The Bertz CT molecular complexity index is 465. The molecule has 0 radical (unpaired) electrons. The summed E-state index contributed by atoms with van der Waals surface area (Å²) < 4.78 is 21.8. The van der Waals surface area contributed by atoms with Gasteiger partial charge in [0.15, 0.2) is 0 Å². The van der Waals surface area contributed by atoms with E-state index in [0.717, 1.165) is 5.69 Å². The zero-order valence-electron chi connectivity index (χ0n) is 8.27. The molecule has 0 saturated heterocycles. The van der Waals surface area contributed by atoms with Gasteiger partial charge in [0.25, 0.3) is 0 Å². The topological polar surface area (TPSA) is 59.9 Å². The van der Waals surface area contributed by atoms with Gasteiger partial charge in [-0.2, -0.15) is 0 Å². The summed E-state index contributed by atoms with van der Waals surface area (Å²) in [5.41, 5.74) is 1.50. The van der Waals surface area contributed by atoms with Crippen molar-refractivity contribution in [2.45, 2.75) is 30.9 Å². The summed E-state index contributed by atoms with van der Waals surface area (Å²) in [5.74, 6) is 0. The molecule has 82 valence electrons. The Morgan fingerprint density at radius 2 is 2.07 bits per heavy atom. The lowest BCUT2D eigenvalue weighted by Gasteiger charge is -2.09. The van der Waals surface area contributed by atoms with Gasteiger partial charge in [0.05, 0.1) is 16.1 Å². The van der Waals surface area contributed by atoms with E-state index in [1.165, 1.54) is 0 Å². The molecule has 1 aliphatic carbocycles. The van der Waals surface area contributed by atoms with Crippen LogP contribution >= 0.6 is 10.7 Å². The summed E-state index contributed by atoms with van der Waals surface area (Å²) in [6, 6.07) is 0. The SMILES string of the molecule is Cc1cnc(CC2(S(=O)(=O)Cl)CC2)cn1. The van der Waals surface area contributed by atoms with Crippen LogP contribution in [-0.4, -0.2) is 23.1 Å². The molecule has 1 aromatic heterocycles. The van der Waals surface area contributed by atoms with E-state index in [-0.39, 0.29) is 0 Å². The molecule has 0 bridgehead atoms. The quantitative estimate of drug-likeness (QED) is 0.757. The molecule has 0 unspecified atom stereocenters. The predicted molar refractivity (Wildman–Crippen MR) is 57.2 cm³/mol. The van der Waals surface area contributed by atoms with Crippen molar-refractivity contribution in [3.8, 4) is 0 Å². The highest BCUT2D eigenvalue weighted by atomic mass is 35.7. The Morgan fingerprint density at radius 1 is 1.40 bits per heavy atom. The summed E-state index contributed by atoms with van der Waals surface area (Å²) in [7, 11) is 1.90. The van der Waals surface area contributed by atoms with Crippen molar-refractivity contribution in [3.05, 3.63) is 23.8 Å². The molecule has 0 spiro atoms. The number of aromatic nitrogens is 2. The number of nitrogens with zero attached hydrogens (tertiary/aromatic N) is 2. The molecule has 1 aromatic rings. The summed E-state index contributed by atoms with van der Waals surface area (Å²) in [4.78, 5) is 8.20. The molecule has 0 aliphatic heterocycles. The van der Waals surface area contributed by atoms with Gasteiger partial charge in [0.2, 0.25) is 9.05 Å². The van der Waals surface area contributed by atoms with Crippen molar-refractivity contribution < 1.29 is 8.42 Å². The Kier molecular flexibility index (Phi) is 2.47. The zero-order valence-corrected chi connectivity index (χ0v) is 9.85. The summed E-state index contributed by atoms with van der Waals surface area (Å²) in [6.45, 7) is 1.84. The first kappa shape index (κ1) is 10.8. The second-order valence-corrected chi connectivity index (χ2v) is 6.91. The van der Waals surface area contributed by atoms with Crippen molar-refractivity contribution in [1.29, 1.82) is 0 Å². The van der Waals surface area contributed by atoms with Crippen molar-refractivity contribution >= 4 is 19.7 Å². The van der Waals surface area contributed by atoms with Gasteiger partial charge in [-0.3, -0.25) is 9.97 Å². The standard InChI is InChI=1S/C9H11ClN2O2S/c1-7-5-12-8(6-11-7)4-9(2-3-9)15(10,13)14/h5-6H,2-4H2,1H3. The summed E-state index contributed by atoms with van der Waals surface area (Å²) in [5, 5.41) is 0. The van der Waals surface area contributed by atoms with E-state index in [4.69, 9.17) is 10.7 Å². The van der Waals surface area contributed by atoms with E-state index < -0.39 is 13.8 Å². The van der Waals surface area contributed by atoms with E-state index in [1.807, 2.05) is 6.92 Å². The highest BCUT2D eigenvalue weighted by molar-refractivity contribution is 8.15. The third-order valence-corrected chi connectivity index (χ3v) is 5.23. The fourth-order valence-corrected chi connectivity index (χ4v) is 3.02. The molecule has 1 saturated carbocycles. The highest BCUT2D eigenvalue weighted by Crippen LogP contribution is 2.47. The normalized spacial score (nSPS) is 18.8. The van der Waals surface area contributed by atoms with Gasteiger partial charge in [-0.25, -0.2) is 8.42 Å². The summed E-state index contributed by atoms with van der Waals surface area (Å²) >= 11 is 0. The van der Waals surface area contributed by atoms with Crippen LogP contribution in [0.2, 0.25) is 0 Å². The van der Waals surface area contributed by atoms with Crippen LogP contribution in [0.15, 0.2) is 12.4 Å². The Hall–Kier alpha value is -0.680. The highest BCUT2D eigenvalue weighted by Gasteiger charge is 2.53. The summed E-state index contributed by atoms with van der Waals surface area (Å²) in [6.07, 6.45) is 4.85. The second kappa shape index (κ2) is 3.42. The third-order valence-electron chi connectivity index (χ3n) is 2.66. The fourth-order valence-electron chi connectivity index (χ4n) is 1.49. The second-order valence-electron chi connectivity index (χ2n) is 3.95. The molecule has 2 rings (SSSR count). The number of hydrogen-bond acceptors (Lipinski definition) is 4. The maximum atomic E-state index is 11.3. The molecule has 1 heterocycles. The van der Waals surface area contributed by atoms with Gasteiger partial charge in [-0.05, 0) is 19.8 Å². The Balaban J connectivity index is 2.20. The monoisotopic (exact) mass is 246 g/mol. The first-order chi connectivity index (χ1) is 6.93. The van der Waals surface area contributed by atoms with Gasteiger partial charge in [0.1, 0.15) is 0 Å². The van der Waals surface area contributed by atoms with Crippen LogP contribution in [-0.2, 0) is 15.5 Å². The van der Waals surface area contributed by atoms with E-state index in [0.29, 0.717) is 25.0 Å². The fraction of sp³-hybridized carbons (Fsp3) is 0.556. The average Bonchev–Trinajstić information content (AvgIpc) is 2.89. The number of hydrogen-bond donors (Lipinski definition) is 0. The molecule has 1 aliphatic rings. The van der Waals surface area contributed by atoms with Gasteiger partial charge in [0, 0.05) is 29.5 Å². The predicted octanol–water partition coefficient (Wildman–Crippen LogP) is 1.43. The van der Waals surface area contributed by atoms with Gasteiger partial charge in [-0.15, -0.1) is 0 Å². The van der Waals surface area contributed by atoms with Crippen molar-refractivity contribution in [1.82, 2.24) is 9.97 Å². The van der Waals surface area contributed by atoms with Crippen LogP contribution in [0.25, 0.3) is 0 Å². The van der Waals surface area contributed by atoms with Crippen LogP contribution < -0.4 is 0 Å². The molecule has 0 N–H and O–H groups in total. The minimum Gasteiger partial charge on any atom is -0.258 e. The molecule has 15 heavy (non-hydrogen) atoms. The van der Waals surface area contributed by atoms with Crippen LogP contribution in [0.1, 0.15) is 24.2 Å². The Labute approximate surface area is 93.1 Å². The molecule has 0 amide bonds. The maximum absolute atomic E-state index is 11.3. The molecular weight excluding hydrogens is 236 g/mol. The molecule has 0 aromatic carbocycles. The lowest BCUT2D eigenvalue weighted by Crippen LogP contribution is -2.21. The minimum atomic E-state index is -3.50. The zero-order chi connectivity index (χ0) is 11.1. The minimum absolute atomic E-state index is 0.367. The van der Waals surface area contributed by atoms with Crippen molar-refractivity contribution in [3.63, 3.8) is 0 Å². The lowest BCUT2D eigenvalue weighted by atomic mass is 10.2. The molecule has 6 heteroatoms. The Morgan fingerprint density at radius 3 is 2.47 bits per heavy atom. The van der Waals surface area contributed by atoms with E-state index in [2.05, 4.69) is 9.97 Å². The molecule has 4 nitrogen and oxygen atoms in total. The van der Waals surface area contributed by atoms with Crippen LogP contribution in [0.3, 0.4) is 0 Å². The van der Waals surface area contributed by atoms with Gasteiger partial charge in [-0.1, -0.05) is 0 Å². The smallest absolute Gasteiger partial charge is 0.238 e. The lowest BCUT2D eigenvalue weighted by molar-refractivity contribution is 0.588. The first-order valence-corrected chi connectivity index (χ1v) is 6.96. The van der Waals surface area contributed by atoms with Crippen molar-refractivity contribution in [2.24, 2.45) is 0 Å². The van der Waals surface area contributed by atoms with Crippen LogP contribution in [0.4, 0.5) is 0 Å². The van der Waals surface area contributed by atoms with E-state index in [1.54, 1.807) is 12.4 Å². The van der Waals surface area contributed by atoms with E-state index in [9.17, 15) is 8.42 Å². The average molecular weight is 247 g/mol. The van der Waals surface area contributed by atoms with Crippen LogP contribution in [0, 0.1) is 6.92 Å². The van der Waals surface area contributed by atoms with Gasteiger partial charge < -0.3 is 0 Å². The number of aryl methyl sites for hydroxylation is 1. The molecule has 1 fully saturated rings. The maximum Gasteiger partial charge on any atom is 0.238 e. The van der Waals surface area contributed by atoms with Crippen molar-refractivity contribution in [2.75, 3.05) is 0 Å². The number of halogens is 1. The first-order valence-electron chi connectivity index (χ1n) is 4.65. The van der Waals surface area contributed by atoms with Crippen LogP contribution in [0.5, 0.6) is 0 Å².